The van der Waals surface area contributed by atoms with Gasteiger partial charge < -0.3 is 24.0 Å². The molecule has 0 saturated heterocycles. The molecule has 0 spiro atoms. The van der Waals surface area contributed by atoms with Crippen molar-refractivity contribution in [3.05, 3.63) is 0 Å². The van der Waals surface area contributed by atoms with Crippen LogP contribution in [0.2, 0.25) is 26.2 Å². The zero-order valence-electron chi connectivity index (χ0n) is 7.29. The summed E-state index contributed by atoms with van der Waals surface area (Å²) in [6.45, 7) is 8.73. The summed E-state index contributed by atoms with van der Waals surface area (Å²) in [5.74, 6) is 0. The molecule has 0 aliphatic rings. The minimum atomic E-state index is -0.667. The van der Waals surface area contributed by atoms with Crippen LogP contribution in [-0.2, 0) is 0 Å². The van der Waals surface area contributed by atoms with E-state index in [9.17, 15) is 0 Å². The van der Waals surface area contributed by atoms with Gasteiger partial charge in [0.25, 0.3) is 0 Å². The van der Waals surface area contributed by atoms with Crippen molar-refractivity contribution in [1.82, 2.24) is 0 Å². The molecule has 60 valence electrons. The van der Waals surface area contributed by atoms with Crippen molar-refractivity contribution in [2.24, 2.45) is 0 Å². The SMILES string of the molecule is C[SiH](C)Cl.C[SiH](C)I.[I-].[Li+]. The van der Waals surface area contributed by atoms with Gasteiger partial charge in [-0.05, 0) is 0 Å². The second-order valence-corrected chi connectivity index (χ2v) is 16.2. The fourth-order valence-corrected chi connectivity index (χ4v) is 0. The third-order valence-electron chi connectivity index (χ3n) is 0. The van der Waals surface area contributed by atoms with Gasteiger partial charge in [-0.2, -0.15) is 11.1 Å². The van der Waals surface area contributed by atoms with Gasteiger partial charge in [0, 0.05) is 0 Å². The summed E-state index contributed by atoms with van der Waals surface area (Å²) in [5.41, 5.74) is 0. The van der Waals surface area contributed by atoms with Gasteiger partial charge in [0.15, 0.2) is 0 Å². The summed E-state index contributed by atoms with van der Waals surface area (Å²) in [6.07, 6.45) is -0.169. The Morgan fingerprint density at radius 3 is 1.10 bits per heavy atom. The number of halogens is 3. The molecule has 0 aromatic heterocycles. The Bertz CT molecular complexity index is 36.7. The van der Waals surface area contributed by atoms with Gasteiger partial charge in [-0.15, -0.1) is 21.8 Å². The largest absolute Gasteiger partial charge is 1.00 e. The van der Waals surface area contributed by atoms with Gasteiger partial charge in [0.2, 0.25) is 0 Å². The molecule has 0 nitrogen and oxygen atoms in total. The summed E-state index contributed by atoms with van der Waals surface area (Å²) in [5, 5.41) is 0. The van der Waals surface area contributed by atoms with Gasteiger partial charge in [0.05, 0.1) is 0 Å². The molecule has 6 heteroatoms. The summed E-state index contributed by atoms with van der Waals surface area (Å²) in [6, 6.07) is 0. The average Bonchev–Trinajstić information content (AvgIpc) is 1.25. The predicted octanol–water partition coefficient (Wildman–Crippen LogP) is -3.38. The smallest absolute Gasteiger partial charge is 1.00 e. The van der Waals surface area contributed by atoms with Crippen molar-refractivity contribution >= 4 is 47.3 Å². The van der Waals surface area contributed by atoms with Crippen LogP contribution in [0.3, 0.4) is 0 Å². The van der Waals surface area contributed by atoms with E-state index in [1.807, 2.05) is 0 Å². The Kier molecular flexibility index (Phi) is 40.9. The van der Waals surface area contributed by atoms with Crippen LogP contribution < -0.4 is 42.8 Å². The van der Waals surface area contributed by atoms with Crippen molar-refractivity contribution in [2.75, 3.05) is 0 Å². The Labute approximate surface area is 115 Å². The van der Waals surface area contributed by atoms with Gasteiger partial charge >= 0.3 is 18.9 Å². The van der Waals surface area contributed by atoms with E-state index in [0.717, 1.165) is 0 Å². The summed E-state index contributed by atoms with van der Waals surface area (Å²) in [7, 11) is -0.667. The summed E-state index contributed by atoms with van der Waals surface area (Å²) >= 11 is 7.90. The predicted molar refractivity (Wildman–Crippen MR) is 57.6 cm³/mol. The van der Waals surface area contributed by atoms with E-state index in [0.29, 0.717) is 0 Å². The standard InChI is InChI=1S/C2H7ClSi.C2H7ISi.HI.Li/c2*1-4(2)3;;/h2*4H,1-2H3;1H;/q;;;+1/p-1. The molecule has 0 radical (unpaired) electrons. The van der Waals surface area contributed by atoms with E-state index in [1.54, 1.807) is 0 Å². The molecule has 0 aliphatic carbocycles. The van der Waals surface area contributed by atoms with Gasteiger partial charge in [-0.25, -0.2) is 0 Å². The number of hydrogen-bond acceptors (Lipinski definition) is 0. The minimum Gasteiger partial charge on any atom is -1.00 e. The molecular formula is C4H14ClI2LiSi2. The molecule has 0 heterocycles. The van der Waals surface area contributed by atoms with Crippen LogP contribution in [-0.4, -0.2) is 14.4 Å². The maximum absolute atomic E-state index is 5.41. The molecule has 0 aromatic carbocycles. The number of rotatable bonds is 0. The van der Waals surface area contributed by atoms with E-state index in [2.05, 4.69) is 48.0 Å². The average molecular weight is 415 g/mol. The maximum atomic E-state index is 5.41. The molecule has 0 N–H and O–H groups in total. The quantitative estimate of drug-likeness (QED) is 0.221. The fourth-order valence-electron chi connectivity index (χ4n) is 0. The van der Waals surface area contributed by atoms with Crippen LogP contribution in [0.25, 0.3) is 0 Å². The Morgan fingerprint density at radius 2 is 1.10 bits per heavy atom. The Morgan fingerprint density at radius 1 is 1.10 bits per heavy atom. The molecule has 0 aliphatic heterocycles. The molecular weight excluding hydrogens is 400 g/mol. The van der Waals surface area contributed by atoms with E-state index < -0.39 is 8.11 Å². The molecule has 0 unspecified atom stereocenters. The van der Waals surface area contributed by atoms with Gasteiger partial charge in [-0.1, -0.05) is 26.2 Å². The maximum Gasteiger partial charge on any atom is 1.00 e. The summed E-state index contributed by atoms with van der Waals surface area (Å²) in [4.78, 5) is 0. The van der Waals surface area contributed by atoms with Crippen LogP contribution in [0, 0.1) is 0 Å². The van der Waals surface area contributed by atoms with Gasteiger partial charge in [0.1, 0.15) is 14.4 Å². The zero-order valence-corrected chi connectivity index (χ0v) is 14.7. The molecule has 0 rings (SSSR count). The van der Waals surface area contributed by atoms with Gasteiger partial charge in [-0.3, -0.25) is 0 Å². The van der Waals surface area contributed by atoms with E-state index in [-0.39, 0.29) is 49.1 Å². The fraction of sp³-hybridized carbons (Fsp3) is 1.00. The van der Waals surface area contributed by atoms with E-state index >= 15 is 0 Å². The van der Waals surface area contributed by atoms with Crippen molar-refractivity contribution in [3.8, 4) is 0 Å². The van der Waals surface area contributed by atoms with Crippen LogP contribution in [0.1, 0.15) is 0 Å². The van der Waals surface area contributed by atoms with Crippen LogP contribution in [0.5, 0.6) is 0 Å². The summed E-state index contributed by atoms with van der Waals surface area (Å²) < 4.78 is 0. The molecule has 0 amide bonds. The third-order valence-corrected chi connectivity index (χ3v) is 0. The monoisotopic (exact) mass is 414 g/mol. The first-order valence-electron chi connectivity index (χ1n) is 2.75. The zero-order chi connectivity index (χ0) is 7.15. The number of hydrogen-bond donors (Lipinski definition) is 0. The van der Waals surface area contributed by atoms with Crippen molar-refractivity contribution in [3.63, 3.8) is 0 Å². The van der Waals surface area contributed by atoms with Crippen LogP contribution in [0.15, 0.2) is 0 Å². The second-order valence-electron chi connectivity index (χ2n) is 2.03. The molecule has 0 saturated carbocycles. The minimum absolute atomic E-state index is 0. The first-order chi connectivity index (χ1) is 3.46. The Balaban J connectivity index is -0.0000000300. The molecule has 0 atom stereocenters. The van der Waals surface area contributed by atoms with E-state index in [4.69, 9.17) is 11.1 Å². The van der Waals surface area contributed by atoms with Crippen molar-refractivity contribution in [2.45, 2.75) is 26.2 Å². The normalized spacial score (nSPS) is 7.20. The van der Waals surface area contributed by atoms with Crippen molar-refractivity contribution < 1.29 is 42.8 Å². The second kappa shape index (κ2) is 17.8. The molecule has 0 fully saturated rings. The Hall–Kier alpha value is 2.78. The third kappa shape index (κ3) is 133. The molecule has 0 aromatic rings. The first kappa shape index (κ1) is 23.0. The topological polar surface area (TPSA) is 0 Å². The van der Waals surface area contributed by atoms with E-state index in [1.165, 1.54) is 0 Å². The molecule has 10 heavy (non-hydrogen) atoms. The van der Waals surface area contributed by atoms with Crippen LogP contribution >= 0.6 is 32.9 Å². The van der Waals surface area contributed by atoms with Crippen LogP contribution in [0.4, 0.5) is 0 Å². The first-order valence-corrected chi connectivity index (χ1v) is 13.3. The molecule has 0 bridgehead atoms. The van der Waals surface area contributed by atoms with Crippen molar-refractivity contribution in [1.29, 1.82) is 0 Å².